The molecule has 0 aromatic carbocycles. The van der Waals surface area contributed by atoms with Crippen molar-refractivity contribution in [2.45, 2.75) is 66.4 Å². The zero-order valence-electron chi connectivity index (χ0n) is 15.4. The topological polar surface area (TPSA) is 46.6 Å². The molecule has 0 atom stereocenters. The molecule has 4 nitrogen and oxygen atoms in total. The summed E-state index contributed by atoms with van der Waals surface area (Å²) in [4.78, 5) is 23.5. The van der Waals surface area contributed by atoms with Gasteiger partial charge in [-0.1, -0.05) is 24.6 Å². The smallest absolute Gasteiger partial charge is 0.410 e. The molecule has 0 radical (unpaired) electrons. The van der Waals surface area contributed by atoms with E-state index in [1.165, 1.54) is 17.4 Å². The van der Waals surface area contributed by atoms with Gasteiger partial charge in [0.05, 0.1) is 0 Å². The van der Waals surface area contributed by atoms with Crippen molar-refractivity contribution in [3.63, 3.8) is 0 Å². The van der Waals surface area contributed by atoms with Crippen molar-refractivity contribution in [3.05, 3.63) is 24.3 Å². The maximum Gasteiger partial charge on any atom is 0.410 e. The van der Waals surface area contributed by atoms with Crippen LogP contribution in [-0.4, -0.2) is 36.0 Å². The van der Waals surface area contributed by atoms with E-state index >= 15 is 0 Å². The molecule has 0 spiro atoms. The van der Waals surface area contributed by atoms with Gasteiger partial charge in [-0.2, -0.15) is 0 Å². The van der Waals surface area contributed by atoms with Crippen molar-refractivity contribution in [1.29, 1.82) is 0 Å². The van der Waals surface area contributed by atoms with Crippen LogP contribution < -0.4 is 0 Å². The number of nitrogens with zero attached hydrogens (tertiary/aromatic N) is 1. The fourth-order valence-electron chi connectivity index (χ4n) is 1.42. The molecule has 0 saturated carbocycles. The monoisotopic (exact) mass is 311 g/mol. The summed E-state index contributed by atoms with van der Waals surface area (Å²) < 4.78 is 5.11. The standard InChI is InChI=1S/C10H19NO3.C8H14/c1-8(12)6-7-11(5)9(13)14-10(2,3)4;1-4-6-8(3)7-5-2/h6-7H2,1-5H3;4,7H,1,5-6H2,2-3H3/b;8-7-. The number of carbonyl (C=O) groups is 2. The van der Waals surface area contributed by atoms with Gasteiger partial charge < -0.3 is 9.64 Å². The van der Waals surface area contributed by atoms with Crippen LogP contribution in [0.3, 0.4) is 0 Å². The van der Waals surface area contributed by atoms with Crippen molar-refractivity contribution in [1.82, 2.24) is 4.90 Å². The third-order valence-electron chi connectivity index (χ3n) is 2.52. The maximum absolute atomic E-state index is 11.4. The molecule has 0 aromatic rings. The predicted octanol–water partition coefficient (Wildman–Crippen LogP) is 4.75. The molecule has 0 aliphatic rings. The van der Waals surface area contributed by atoms with E-state index in [1.54, 1.807) is 7.05 Å². The molecule has 0 aromatic heterocycles. The molecule has 0 heterocycles. The third-order valence-corrected chi connectivity index (χ3v) is 2.52. The van der Waals surface area contributed by atoms with Crippen LogP contribution in [-0.2, 0) is 9.53 Å². The summed E-state index contributed by atoms with van der Waals surface area (Å²) in [6.45, 7) is 15.3. The molecule has 0 rings (SSSR count). The van der Waals surface area contributed by atoms with Gasteiger partial charge in [0.25, 0.3) is 0 Å². The van der Waals surface area contributed by atoms with Gasteiger partial charge in [0.1, 0.15) is 11.4 Å². The molecule has 22 heavy (non-hydrogen) atoms. The average Bonchev–Trinajstić information content (AvgIpc) is 2.35. The van der Waals surface area contributed by atoms with E-state index in [-0.39, 0.29) is 5.78 Å². The van der Waals surface area contributed by atoms with Crippen LogP contribution in [0, 0.1) is 0 Å². The van der Waals surface area contributed by atoms with Crippen molar-refractivity contribution in [3.8, 4) is 0 Å². The Labute approximate surface area is 136 Å². The van der Waals surface area contributed by atoms with Crippen LogP contribution >= 0.6 is 0 Å². The number of hydrogen-bond donors (Lipinski definition) is 0. The number of hydrogen-bond acceptors (Lipinski definition) is 3. The molecular formula is C18H33NO3. The van der Waals surface area contributed by atoms with E-state index in [1.807, 2.05) is 26.8 Å². The van der Waals surface area contributed by atoms with Gasteiger partial charge in [-0.25, -0.2) is 4.79 Å². The quantitative estimate of drug-likeness (QED) is 0.665. The number of Topliss-reactive ketones (excluding diaryl/α,β-unsaturated/α-hetero) is 1. The second-order valence-corrected chi connectivity index (χ2v) is 6.31. The molecule has 0 unspecified atom stereocenters. The molecule has 1 amide bonds. The van der Waals surface area contributed by atoms with Gasteiger partial charge in [0.2, 0.25) is 0 Å². The highest BCUT2D eigenvalue weighted by molar-refractivity contribution is 5.76. The van der Waals surface area contributed by atoms with Crippen molar-refractivity contribution >= 4 is 11.9 Å². The molecule has 4 heteroatoms. The summed E-state index contributed by atoms with van der Waals surface area (Å²) in [6, 6.07) is 0. The van der Waals surface area contributed by atoms with E-state index in [0.29, 0.717) is 13.0 Å². The summed E-state index contributed by atoms with van der Waals surface area (Å²) in [5.74, 6) is 0.0698. The van der Waals surface area contributed by atoms with Gasteiger partial charge in [-0.05, 0) is 47.5 Å². The number of allylic oxidation sites excluding steroid dienone is 3. The minimum absolute atomic E-state index is 0.0698. The number of ether oxygens (including phenoxy) is 1. The van der Waals surface area contributed by atoms with Gasteiger partial charge in [0, 0.05) is 20.0 Å². The molecule has 0 fully saturated rings. The van der Waals surface area contributed by atoms with Gasteiger partial charge in [0.15, 0.2) is 0 Å². The van der Waals surface area contributed by atoms with E-state index in [4.69, 9.17) is 4.74 Å². The first-order valence-electron chi connectivity index (χ1n) is 7.73. The van der Waals surface area contributed by atoms with Crippen molar-refractivity contribution in [2.75, 3.05) is 13.6 Å². The lowest BCUT2D eigenvalue weighted by atomic mass is 10.2. The molecule has 0 aliphatic carbocycles. The second kappa shape index (κ2) is 12.0. The van der Waals surface area contributed by atoms with Crippen LogP contribution in [0.15, 0.2) is 24.3 Å². The summed E-state index contributed by atoms with van der Waals surface area (Å²) >= 11 is 0. The summed E-state index contributed by atoms with van der Waals surface area (Å²) in [7, 11) is 1.62. The number of amides is 1. The Morgan fingerprint density at radius 3 is 2.14 bits per heavy atom. The van der Waals surface area contributed by atoms with Crippen molar-refractivity contribution in [2.24, 2.45) is 0 Å². The Morgan fingerprint density at radius 2 is 1.77 bits per heavy atom. The number of rotatable bonds is 6. The Kier molecular flexibility index (Phi) is 12.4. The predicted molar refractivity (Wildman–Crippen MR) is 93.0 cm³/mol. The fourth-order valence-corrected chi connectivity index (χ4v) is 1.42. The average molecular weight is 311 g/mol. The number of ketones is 1. The fraction of sp³-hybridized carbons (Fsp3) is 0.667. The van der Waals surface area contributed by atoms with Crippen LogP contribution in [0.5, 0.6) is 0 Å². The molecule has 0 N–H and O–H groups in total. The summed E-state index contributed by atoms with van der Waals surface area (Å²) in [5, 5.41) is 0. The van der Waals surface area contributed by atoms with Gasteiger partial charge >= 0.3 is 6.09 Å². The Hall–Kier alpha value is -1.58. The number of carbonyl (C=O) groups excluding carboxylic acids is 2. The van der Waals surface area contributed by atoms with Crippen LogP contribution in [0.1, 0.15) is 60.8 Å². The molecular weight excluding hydrogens is 278 g/mol. The van der Waals surface area contributed by atoms with E-state index in [0.717, 1.165) is 12.8 Å². The van der Waals surface area contributed by atoms with Crippen LogP contribution in [0.2, 0.25) is 0 Å². The zero-order valence-corrected chi connectivity index (χ0v) is 15.4. The van der Waals surface area contributed by atoms with Crippen LogP contribution in [0.25, 0.3) is 0 Å². The molecule has 0 saturated heterocycles. The zero-order chi connectivity index (χ0) is 17.8. The van der Waals surface area contributed by atoms with Gasteiger partial charge in [-0.15, -0.1) is 6.58 Å². The lowest BCUT2D eigenvalue weighted by molar-refractivity contribution is -0.117. The van der Waals surface area contributed by atoms with Crippen LogP contribution in [0.4, 0.5) is 4.79 Å². The summed E-state index contributed by atoms with van der Waals surface area (Å²) in [6.07, 6.45) is 6.31. The van der Waals surface area contributed by atoms with Crippen molar-refractivity contribution < 1.29 is 14.3 Å². The third kappa shape index (κ3) is 16.5. The first-order valence-corrected chi connectivity index (χ1v) is 7.73. The molecule has 128 valence electrons. The minimum atomic E-state index is -0.485. The Bertz CT molecular complexity index is 378. The highest BCUT2D eigenvalue weighted by Gasteiger charge is 2.19. The summed E-state index contributed by atoms with van der Waals surface area (Å²) in [5.41, 5.74) is 0.934. The second-order valence-electron chi connectivity index (χ2n) is 6.31. The lowest BCUT2D eigenvalue weighted by Crippen LogP contribution is -2.35. The Morgan fingerprint density at radius 1 is 1.23 bits per heavy atom. The molecule has 0 bridgehead atoms. The van der Waals surface area contributed by atoms with E-state index in [2.05, 4.69) is 26.5 Å². The first-order chi connectivity index (χ1) is 10.0. The van der Waals surface area contributed by atoms with E-state index in [9.17, 15) is 9.59 Å². The van der Waals surface area contributed by atoms with Gasteiger partial charge in [-0.3, -0.25) is 4.79 Å². The van der Waals surface area contributed by atoms with E-state index < -0.39 is 11.7 Å². The Balaban J connectivity index is 0. The largest absolute Gasteiger partial charge is 0.444 e. The lowest BCUT2D eigenvalue weighted by Gasteiger charge is -2.24. The minimum Gasteiger partial charge on any atom is -0.444 e. The highest BCUT2D eigenvalue weighted by Crippen LogP contribution is 2.09. The first kappa shape index (κ1) is 22.7. The maximum atomic E-state index is 11.4. The molecule has 0 aliphatic heterocycles. The highest BCUT2D eigenvalue weighted by atomic mass is 16.6. The SMILES string of the molecule is C=CC/C(C)=C\CC.CC(=O)CCN(C)C(=O)OC(C)(C)C. The normalized spacial score (nSPS) is 11.1.